The third kappa shape index (κ3) is 5.42. The lowest BCUT2D eigenvalue weighted by atomic mass is 10.2. The predicted molar refractivity (Wildman–Crippen MR) is 98.4 cm³/mol. The van der Waals surface area contributed by atoms with Crippen LogP contribution in [0.4, 0.5) is 11.4 Å². The summed E-state index contributed by atoms with van der Waals surface area (Å²) in [7, 11) is 0. The molecule has 1 atom stereocenters. The van der Waals surface area contributed by atoms with Crippen LogP contribution in [0.2, 0.25) is 0 Å². The molecule has 2 amide bonds. The van der Waals surface area contributed by atoms with Gasteiger partial charge in [0.1, 0.15) is 0 Å². The number of carbonyl (C=O) groups is 3. The summed E-state index contributed by atoms with van der Waals surface area (Å²) in [6.07, 6.45) is -0.963. The van der Waals surface area contributed by atoms with Crippen molar-refractivity contribution < 1.29 is 19.1 Å². The number of hydrogen-bond donors (Lipinski definition) is 2. The molecule has 0 aliphatic heterocycles. The SMILES string of the molecule is CC(=O)Nc1ccc(NC(=O)[C@@H](C)OC(=O)c2ccccc2Br)cc1. The van der Waals surface area contributed by atoms with Crippen molar-refractivity contribution in [3.05, 3.63) is 58.6 Å². The first-order chi connectivity index (χ1) is 11.9. The Kier molecular flexibility index (Phi) is 6.30. The molecule has 7 heteroatoms. The summed E-state index contributed by atoms with van der Waals surface area (Å²) in [5.74, 6) is -1.21. The quantitative estimate of drug-likeness (QED) is 0.745. The molecule has 0 radical (unpaired) electrons. The molecular weight excluding hydrogens is 388 g/mol. The van der Waals surface area contributed by atoms with E-state index in [0.29, 0.717) is 21.4 Å². The second-order valence-corrected chi connectivity index (χ2v) is 6.13. The van der Waals surface area contributed by atoms with Crippen molar-refractivity contribution in [3.8, 4) is 0 Å². The van der Waals surface area contributed by atoms with Crippen molar-refractivity contribution in [2.45, 2.75) is 20.0 Å². The molecule has 2 aromatic carbocycles. The number of halogens is 1. The molecule has 0 fully saturated rings. The van der Waals surface area contributed by atoms with Crippen LogP contribution in [0.1, 0.15) is 24.2 Å². The Morgan fingerprint density at radius 1 is 0.960 bits per heavy atom. The number of esters is 1. The molecule has 25 heavy (non-hydrogen) atoms. The first-order valence-corrected chi connectivity index (χ1v) is 8.30. The fraction of sp³-hybridized carbons (Fsp3) is 0.167. The lowest BCUT2D eigenvalue weighted by Gasteiger charge is -2.14. The number of nitrogens with one attached hydrogen (secondary N) is 2. The maximum atomic E-state index is 12.2. The number of carbonyl (C=O) groups excluding carboxylic acids is 3. The number of ether oxygens (including phenoxy) is 1. The molecule has 0 unspecified atom stereocenters. The average Bonchev–Trinajstić information content (AvgIpc) is 2.56. The van der Waals surface area contributed by atoms with E-state index in [4.69, 9.17) is 4.74 Å². The van der Waals surface area contributed by atoms with Crippen LogP contribution in [0.15, 0.2) is 53.0 Å². The number of hydrogen-bond acceptors (Lipinski definition) is 4. The summed E-state index contributed by atoms with van der Waals surface area (Å²) in [4.78, 5) is 35.2. The van der Waals surface area contributed by atoms with Gasteiger partial charge in [0.05, 0.1) is 5.56 Å². The van der Waals surface area contributed by atoms with E-state index in [0.717, 1.165) is 0 Å². The fourth-order valence-electron chi connectivity index (χ4n) is 1.99. The van der Waals surface area contributed by atoms with Gasteiger partial charge in [0.2, 0.25) is 5.91 Å². The third-order valence-corrected chi connectivity index (χ3v) is 3.91. The summed E-state index contributed by atoms with van der Waals surface area (Å²) in [5.41, 5.74) is 1.50. The fourth-order valence-corrected chi connectivity index (χ4v) is 2.44. The van der Waals surface area contributed by atoms with E-state index >= 15 is 0 Å². The van der Waals surface area contributed by atoms with E-state index in [9.17, 15) is 14.4 Å². The summed E-state index contributed by atoms with van der Waals surface area (Å²) in [6, 6.07) is 13.4. The molecule has 2 N–H and O–H groups in total. The molecule has 6 nitrogen and oxygen atoms in total. The van der Waals surface area contributed by atoms with Gasteiger partial charge in [-0.05, 0) is 59.3 Å². The zero-order chi connectivity index (χ0) is 18.4. The summed E-state index contributed by atoms with van der Waals surface area (Å²) >= 11 is 3.27. The minimum atomic E-state index is -0.963. The second-order valence-electron chi connectivity index (χ2n) is 5.28. The molecule has 130 valence electrons. The van der Waals surface area contributed by atoms with E-state index in [-0.39, 0.29) is 5.91 Å². The molecule has 0 saturated heterocycles. The van der Waals surface area contributed by atoms with Gasteiger partial charge in [0.15, 0.2) is 6.10 Å². The molecular formula is C18H17BrN2O4. The van der Waals surface area contributed by atoms with E-state index < -0.39 is 18.0 Å². The van der Waals surface area contributed by atoms with Gasteiger partial charge in [0, 0.05) is 22.8 Å². The minimum Gasteiger partial charge on any atom is -0.449 e. The van der Waals surface area contributed by atoms with Crippen LogP contribution < -0.4 is 10.6 Å². The number of amides is 2. The summed E-state index contributed by atoms with van der Waals surface area (Å²) in [6.45, 7) is 2.91. The number of benzene rings is 2. The zero-order valence-corrected chi connectivity index (χ0v) is 15.3. The van der Waals surface area contributed by atoms with E-state index in [1.54, 1.807) is 48.5 Å². The molecule has 0 bridgehead atoms. The van der Waals surface area contributed by atoms with Gasteiger partial charge in [-0.25, -0.2) is 4.79 Å². The predicted octanol–water partition coefficient (Wildman–Crippen LogP) is 3.59. The smallest absolute Gasteiger partial charge is 0.340 e. The monoisotopic (exact) mass is 404 g/mol. The lowest BCUT2D eigenvalue weighted by molar-refractivity contribution is -0.123. The maximum Gasteiger partial charge on any atom is 0.340 e. The van der Waals surface area contributed by atoms with Crippen molar-refractivity contribution in [2.24, 2.45) is 0 Å². The highest BCUT2D eigenvalue weighted by Gasteiger charge is 2.20. The van der Waals surface area contributed by atoms with Crippen LogP contribution in [0.25, 0.3) is 0 Å². The van der Waals surface area contributed by atoms with Crippen LogP contribution in [-0.4, -0.2) is 23.9 Å². The minimum absolute atomic E-state index is 0.176. The first-order valence-electron chi connectivity index (χ1n) is 7.51. The first kappa shape index (κ1) is 18.7. The molecule has 0 aromatic heterocycles. The number of rotatable bonds is 5. The van der Waals surface area contributed by atoms with Gasteiger partial charge in [0.25, 0.3) is 5.91 Å². The topological polar surface area (TPSA) is 84.5 Å². The highest BCUT2D eigenvalue weighted by Crippen LogP contribution is 2.18. The Bertz CT molecular complexity index is 790. The summed E-state index contributed by atoms with van der Waals surface area (Å²) < 4.78 is 5.79. The Morgan fingerprint density at radius 2 is 1.52 bits per heavy atom. The van der Waals surface area contributed by atoms with Crippen LogP contribution >= 0.6 is 15.9 Å². The average molecular weight is 405 g/mol. The van der Waals surface area contributed by atoms with Crippen molar-refractivity contribution in [1.29, 1.82) is 0 Å². The molecule has 2 rings (SSSR count). The van der Waals surface area contributed by atoms with Crippen LogP contribution in [-0.2, 0) is 14.3 Å². The van der Waals surface area contributed by atoms with Crippen LogP contribution in [0.3, 0.4) is 0 Å². The van der Waals surface area contributed by atoms with Crippen LogP contribution in [0.5, 0.6) is 0 Å². The van der Waals surface area contributed by atoms with Gasteiger partial charge in [-0.15, -0.1) is 0 Å². The van der Waals surface area contributed by atoms with Gasteiger partial charge in [-0.2, -0.15) is 0 Å². The maximum absolute atomic E-state index is 12.2. The largest absolute Gasteiger partial charge is 0.449 e. The third-order valence-electron chi connectivity index (χ3n) is 3.22. The Hall–Kier alpha value is -2.67. The standard InChI is InChI=1S/C18H17BrN2O4/c1-11(25-18(24)15-5-3-4-6-16(15)19)17(23)21-14-9-7-13(8-10-14)20-12(2)22/h3-11H,1-2H3,(H,20,22)(H,21,23)/t11-/m1/s1. The van der Waals surface area contributed by atoms with E-state index in [1.807, 2.05) is 0 Å². The molecule has 0 aliphatic carbocycles. The van der Waals surface area contributed by atoms with Gasteiger partial charge in [-0.3, -0.25) is 9.59 Å². The molecule has 0 spiro atoms. The Balaban J connectivity index is 1.95. The normalized spacial score (nSPS) is 11.3. The Labute approximate surface area is 153 Å². The lowest BCUT2D eigenvalue weighted by Crippen LogP contribution is -2.30. The molecule has 2 aromatic rings. The van der Waals surface area contributed by atoms with Crippen molar-refractivity contribution in [1.82, 2.24) is 0 Å². The number of anilines is 2. The van der Waals surface area contributed by atoms with Gasteiger partial charge < -0.3 is 15.4 Å². The Morgan fingerprint density at radius 3 is 2.08 bits per heavy atom. The van der Waals surface area contributed by atoms with Crippen molar-refractivity contribution in [3.63, 3.8) is 0 Å². The molecule has 0 aliphatic rings. The molecule has 0 heterocycles. The highest BCUT2D eigenvalue weighted by molar-refractivity contribution is 9.10. The van der Waals surface area contributed by atoms with Crippen LogP contribution in [0, 0.1) is 0 Å². The van der Waals surface area contributed by atoms with Gasteiger partial charge >= 0.3 is 5.97 Å². The van der Waals surface area contributed by atoms with Gasteiger partial charge in [-0.1, -0.05) is 12.1 Å². The van der Waals surface area contributed by atoms with Crippen molar-refractivity contribution in [2.75, 3.05) is 10.6 Å². The van der Waals surface area contributed by atoms with Crippen molar-refractivity contribution >= 4 is 45.1 Å². The highest BCUT2D eigenvalue weighted by atomic mass is 79.9. The molecule has 0 saturated carbocycles. The van der Waals surface area contributed by atoms with E-state index in [1.165, 1.54) is 13.8 Å². The van der Waals surface area contributed by atoms with E-state index in [2.05, 4.69) is 26.6 Å². The zero-order valence-electron chi connectivity index (χ0n) is 13.7. The summed E-state index contributed by atoms with van der Waals surface area (Å²) in [5, 5.41) is 5.29. The second kappa shape index (κ2) is 8.43.